The van der Waals surface area contributed by atoms with Crippen molar-refractivity contribution in [1.29, 1.82) is 0 Å². The molecule has 0 aromatic heterocycles. The van der Waals surface area contributed by atoms with E-state index >= 15 is 4.39 Å². The number of thiol groups is 1. The van der Waals surface area contributed by atoms with Crippen molar-refractivity contribution in [3.63, 3.8) is 0 Å². The zero-order valence-corrected chi connectivity index (χ0v) is 21.2. The Morgan fingerprint density at radius 1 is 1.15 bits per heavy atom. The zero-order chi connectivity index (χ0) is 25.1. The Labute approximate surface area is 203 Å². The minimum atomic E-state index is -1.80. The van der Waals surface area contributed by atoms with Crippen LogP contribution in [0.5, 0.6) is 5.75 Å². The number of carbonyl (C=O) groups excluding carboxylic acids is 2. The Morgan fingerprint density at radius 3 is 2.33 bits per heavy atom. The number of rotatable bonds is 6. The Kier molecular flexibility index (Phi) is 8.30. The van der Waals surface area contributed by atoms with Crippen LogP contribution >= 0.6 is 24.2 Å². The van der Waals surface area contributed by atoms with Gasteiger partial charge >= 0.3 is 12.1 Å². The summed E-state index contributed by atoms with van der Waals surface area (Å²) >= 11 is 10.6. The molecular weight excluding hydrogens is 469 g/mol. The van der Waals surface area contributed by atoms with E-state index in [1.807, 2.05) is 0 Å². The normalized spacial score (nSPS) is 13.2. The van der Waals surface area contributed by atoms with Gasteiger partial charge in [-0.3, -0.25) is 4.79 Å². The quantitative estimate of drug-likeness (QED) is 0.258. The van der Waals surface area contributed by atoms with Crippen LogP contribution in [0, 0.1) is 19.7 Å². The highest BCUT2D eigenvalue weighted by atomic mass is 35.5. The van der Waals surface area contributed by atoms with Crippen LogP contribution in [0.2, 0.25) is 5.02 Å². The molecule has 0 saturated carbocycles. The molecule has 0 aliphatic carbocycles. The minimum absolute atomic E-state index is 0.0755. The number of aromatic hydroxyl groups is 1. The van der Waals surface area contributed by atoms with Gasteiger partial charge in [0, 0.05) is 16.1 Å². The summed E-state index contributed by atoms with van der Waals surface area (Å²) in [5.74, 6) is -1.44. The number of aryl methyl sites for hydroxylation is 2. The van der Waals surface area contributed by atoms with E-state index in [9.17, 15) is 14.7 Å². The highest BCUT2D eigenvalue weighted by Gasteiger charge is 2.38. The molecule has 2 aromatic carbocycles. The average molecular weight is 498 g/mol. The summed E-state index contributed by atoms with van der Waals surface area (Å²) in [7, 11) is 0. The van der Waals surface area contributed by atoms with E-state index in [2.05, 4.69) is 17.9 Å². The zero-order valence-electron chi connectivity index (χ0n) is 19.5. The molecule has 0 saturated heterocycles. The van der Waals surface area contributed by atoms with Gasteiger partial charge in [-0.25, -0.2) is 9.18 Å². The monoisotopic (exact) mass is 497 g/mol. The highest BCUT2D eigenvalue weighted by Crippen LogP contribution is 2.40. The first-order valence-corrected chi connectivity index (χ1v) is 11.2. The molecular formula is C24H29ClFNO5S. The molecule has 0 aliphatic heterocycles. The molecule has 2 rings (SSSR count). The van der Waals surface area contributed by atoms with Gasteiger partial charge in [-0.2, -0.15) is 0 Å². The molecule has 0 unspecified atom stereocenters. The number of amides is 1. The summed E-state index contributed by atoms with van der Waals surface area (Å²) in [6.45, 7) is 10.1. The van der Waals surface area contributed by atoms with E-state index in [-0.39, 0.29) is 23.5 Å². The lowest BCUT2D eigenvalue weighted by Gasteiger charge is -2.32. The number of benzene rings is 2. The van der Waals surface area contributed by atoms with E-state index in [4.69, 9.17) is 21.1 Å². The van der Waals surface area contributed by atoms with Crippen LogP contribution in [0.1, 0.15) is 50.8 Å². The number of alkyl carbamates (subject to hydrolysis) is 1. The summed E-state index contributed by atoms with van der Waals surface area (Å²) in [4.78, 5) is 23.1. The summed E-state index contributed by atoms with van der Waals surface area (Å²) < 4.78 is 25.7. The lowest BCUT2D eigenvalue weighted by Crippen LogP contribution is -2.46. The number of nitrogens with one attached hydrogen (secondary N) is 1. The molecule has 2 aromatic rings. The Hall–Kier alpha value is -2.45. The van der Waals surface area contributed by atoms with Crippen LogP contribution in [-0.2, 0) is 19.1 Å². The molecule has 0 fully saturated rings. The third-order valence-corrected chi connectivity index (χ3v) is 5.41. The Morgan fingerprint density at radius 2 is 1.79 bits per heavy atom. The molecule has 0 aliphatic rings. The smallest absolute Gasteiger partial charge is 0.409 e. The first-order valence-electron chi connectivity index (χ1n) is 10.4. The van der Waals surface area contributed by atoms with Gasteiger partial charge in [0.15, 0.2) is 0 Å². The van der Waals surface area contributed by atoms with Crippen molar-refractivity contribution in [3.05, 3.63) is 51.8 Å². The largest absolute Gasteiger partial charge is 0.507 e. The number of phenols is 1. The van der Waals surface area contributed by atoms with Gasteiger partial charge in [-0.05, 0) is 82.5 Å². The van der Waals surface area contributed by atoms with Gasteiger partial charge in [-0.15, -0.1) is 12.6 Å². The molecule has 6 nitrogen and oxygen atoms in total. The maximum Gasteiger partial charge on any atom is 0.409 e. The number of hydrogen-bond acceptors (Lipinski definition) is 6. The van der Waals surface area contributed by atoms with Crippen LogP contribution in [-0.4, -0.2) is 29.4 Å². The fraction of sp³-hybridized carbons (Fsp3) is 0.417. The van der Waals surface area contributed by atoms with E-state index in [0.717, 1.165) is 0 Å². The second-order valence-electron chi connectivity index (χ2n) is 8.74. The van der Waals surface area contributed by atoms with Crippen LogP contribution in [0.15, 0.2) is 24.3 Å². The van der Waals surface area contributed by atoms with E-state index < -0.39 is 34.8 Å². The topological polar surface area (TPSA) is 84.9 Å². The van der Waals surface area contributed by atoms with Gasteiger partial charge in [0.25, 0.3) is 0 Å². The van der Waals surface area contributed by atoms with E-state index in [1.54, 1.807) is 46.8 Å². The molecule has 9 heteroatoms. The molecule has 0 spiro atoms. The van der Waals surface area contributed by atoms with Gasteiger partial charge in [0.2, 0.25) is 0 Å². The molecule has 0 heterocycles. The lowest BCUT2D eigenvalue weighted by atomic mass is 9.92. The summed E-state index contributed by atoms with van der Waals surface area (Å²) in [6.07, 6.45) is -1.34. The van der Waals surface area contributed by atoms with Crippen molar-refractivity contribution in [2.75, 3.05) is 6.61 Å². The SMILES string of the molecule is CCOC(=O)C[C@@](S)(NC(=O)OC(C)(C)C)c1cc(-c2c(C)cc(Cl)cc2O)cc(C)c1F. The van der Waals surface area contributed by atoms with Crippen LogP contribution in [0.4, 0.5) is 9.18 Å². The van der Waals surface area contributed by atoms with E-state index in [1.165, 1.54) is 19.1 Å². The number of ether oxygens (including phenoxy) is 2. The number of phenolic OH excluding ortho intramolecular Hbond substituents is 1. The molecule has 33 heavy (non-hydrogen) atoms. The molecule has 0 bridgehead atoms. The van der Waals surface area contributed by atoms with Crippen LogP contribution < -0.4 is 5.32 Å². The number of hydrogen-bond donors (Lipinski definition) is 3. The first-order chi connectivity index (χ1) is 15.2. The van der Waals surface area contributed by atoms with Crippen molar-refractivity contribution in [2.45, 2.75) is 58.4 Å². The van der Waals surface area contributed by atoms with E-state index in [0.29, 0.717) is 21.7 Å². The predicted molar refractivity (Wildman–Crippen MR) is 129 cm³/mol. The van der Waals surface area contributed by atoms with Gasteiger partial charge in [0.1, 0.15) is 22.0 Å². The van der Waals surface area contributed by atoms with Crippen molar-refractivity contribution in [1.82, 2.24) is 5.32 Å². The average Bonchev–Trinajstić information content (AvgIpc) is 2.61. The summed E-state index contributed by atoms with van der Waals surface area (Å²) in [5, 5.41) is 13.4. The summed E-state index contributed by atoms with van der Waals surface area (Å²) in [5.41, 5.74) is 0.882. The third-order valence-electron chi connectivity index (χ3n) is 4.68. The lowest BCUT2D eigenvalue weighted by molar-refractivity contribution is -0.144. The predicted octanol–water partition coefficient (Wildman–Crippen LogP) is 6.03. The maximum atomic E-state index is 15.4. The third kappa shape index (κ3) is 6.77. The van der Waals surface area contributed by atoms with Crippen LogP contribution in [0.25, 0.3) is 11.1 Å². The molecule has 2 N–H and O–H groups in total. The van der Waals surface area contributed by atoms with Gasteiger partial charge in [0.05, 0.1) is 13.0 Å². The van der Waals surface area contributed by atoms with Crippen molar-refractivity contribution < 1.29 is 28.6 Å². The molecule has 1 amide bonds. The Balaban J connectivity index is 2.67. The maximum absolute atomic E-state index is 15.4. The second-order valence-corrected chi connectivity index (χ2v) is 9.94. The second kappa shape index (κ2) is 10.2. The number of esters is 1. The van der Waals surface area contributed by atoms with Gasteiger partial charge in [-0.1, -0.05) is 11.6 Å². The summed E-state index contributed by atoms with van der Waals surface area (Å²) in [6, 6.07) is 6.04. The number of halogens is 2. The van der Waals surface area contributed by atoms with Crippen molar-refractivity contribution >= 4 is 36.3 Å². The van der Waals surface area contributed by atoms with Gasteiger partial charge < -0.3 is 19.9 Å². The Bertz CT molecular complexity index is 1050. The van der Waals surface area contributed by atoms with Crippen LogP contribution in [0.3, 0.4) is 0 Å². The number of carbonyl (C=O) groups is 2. The molecule has 1 atom stereocenters. The minimum Gasteiger partial charge on any atom is -0.507 e. The standard InChI is InChI=1S/C24H29ClFNO5S/c1-7-31-19(29)12-24(33,27-22(30)32-23(4,5)6)17-10-15(8-14(3)21(17)26)20-13(2)9-16(25)11-18(20)28/h8-11,28,33H,7,12H2,1-6H3,(H,27,30)/t24-/m0/s1. The molecule has 180 valence electrons. The fourth-order valence-electron chi connectivity index (χ4n) is 3.42. The fourth-order valence-corrected chi connectivity index (χ4v) is 4.07. The first kappa shape index (κ1) is 26.8. The van der Waals surface area contributed by atoms with Crippen molar-refractivity contribution in [2.24, 2.45) is 0 Å². The highest BCUT2D eigenvalue weighted by molar-refractivity contribution is 7.81. The molecule has 0 radical (unpaired) electrons. The van der Waals surface area contributed by atoms with Crippen molar-refractivity contribution in [3.8, 4) is 16.9 Å².